The van der Waals surface area contributed by atoms with Gasteiger partial charge in [0.25, 0.3) is 17.8 Å². The summed E-state index contributed by atoms with van der Waals surface area (Å²) < 4.78 is 0. The number of aliphatic imine (C=N–C) groups is 1. The lowest BCUT2D eigenvalue weighted by Gasteiger charge is -2.47. The number of aromatic nitrogens is 4. The Labute approximate surface area is 250 Å². The molecule has 10 heteroatoms. The molecule has 2 aliphatic heterocycles. The third-order valence-electron chi connectivity index (χ3n) is 9.45. The molecular formula is C32H48N8O2. The average molecular weight is 577 g/mol. The molecule has 3 heterocycles. The maximum atomic E-state index is 14.5. The molecule has 2 aromatic rings. The molecule has 3 aliphatic rings. The van der Waals surface area contributed by atoms with Gasteiger partial charge in [-0.25, -0.2) is 4.99 Å². The standard InChI is InChI=1S/C32H48N8O2/c1-30(2,3)17-16-25(22-10-12-23(13-11-22)27(41)33-29-35-37-38-36-29)40-28(42)26(39-20-8-7-9-21-39)34-32(40)18-14-24(15-19-32)31(4,5)6/h10-13,24-25H,7-9,14-21H2,1-6H3,(H2,33,35,36,37,38,41)/t24?,25-,32?/m1/s1. The van der Waals surface area contributed by atoms with Crippen LogP contribution in [-0.2, 0) is 4.79 Å². The molecule has 1 spiro atoms. The van der Waals surface area contributed by atoms with Crippen molar-refractivity contribution in [2.24, 2.45) is 21.7 Å². The maximum Gasteiger partial charge on any atom is 0.291 e. The van der Waals surface area contributed by atoms with Gasteiger partial charge in [-0.2, -0.15) is 5.21 Å². The lowest BCUT2D eigenvalue weighted by atomic mass is 9.69. The van der Waals surface area contributed by atoms with E-state index in [9.17, 15) is 9.59 Å². The van der Waals surface area contributed by atoms with E-state index in [0.29, 0.717) is 17.3 Å². The molecule has 1 aromatic carbocycles. The molecule has 1 aliphatic carbocycles. The Morgan fingerprint density at radius 1 is 1.05 bits per heavy atom. The summed E-state index contributed by atoms with van der Waals surface area (Å²) in [6.45, 7) is 15.5. The van der Waals surface area contributed by atoms with E-state index in [-0.39, 0.29) is 34.6 Å². The number of nitrogens with one attached hydrogen (secondary N) is 2. The van der Waals surface area contributed by atoms with E-state index in [1.807, 2.05) is 24.3 Å². The quantitative estimate of drug-likeness (QED) is 0.437. The van der Waals surface area contributed by atoms with Crippen molar-refractivity contribution in [3.8, 4) is 0 Å². The number of likely N-dealkylation sites (tertiary alicyclic amines) is 1. The second-order valence-corrected chi connectivity index (χ2v) is 14.7. The van der Waals surface area contributed by atoms with E-state index in [1.165, 1.54) is 6.42 Å². The van der Waals surface area contributed by atoms with Crippen molar-refractivity contribution in [3.05, 3.63) is 35.4 Å². The second-order valence-electron chi connectivity index (χ2n) is 14.7. The zero-order valence-corrected chi connectivity index (χ0v) is 26.2. The van der Waals surface area contributed by atoms with Gasteiger partial charge in [-0.3, -0.25) is 14.9 Å². The Morgan fingerprint density at radius 3 is 2.29 bits per heavy atom. The minimum Gasteiger partial charge on any atom is -0.352 e. The number of carbonyl (C=O) groups is 2. The molecule has 1 saturated heterocycles. The fourth-order valence-corrected chi connectivity index (χ4v) is 6.90. The van der Waals surface area contributed by atoms with Gasteiger partial charge in [0.05, 0.1) is 6.04 Å². The largest absolute Gasteiger partial charge is 0.352 e. The molecule has 1 atom stereocenters. The highest BCUT2D eigenvalue weighted by atomic mass is 16.2. The van der Waals surface area contributed by atoms with E-state index in [1.54, 1.807) is 0 Å². The zero-order chi connectivity index (χ0) is 30.1. The molecule has 1 saturated carbocycles. The summed E-state index contributed by atoms with van der Waals surface area (Å²) >= 11 is 0. The Kier molecular flexibility index (Phi) is 8.45. The van der Waals surface area contributed by atoms with Crippen molar-refractivity contribution < 1.29 is 9.59 Å². The Hall–Kier alpha value is -3.30. The number of hydrogen-bond donors (Lipinski definition) is 2. The number of amidine groups is 1. The number of rotatable bonds is 6. The van der Waals surface area contributed by atoms with E-state index < -0.39 is 5.66 Å². The zero-order valence-electron chi connectivity index (χ0n) is 26.2. The van der Waals surface area contributed by atoms with Crippen LogP contribution in [0.2, 0.25) is 0 Å². The van der Waals surface area contributed by atoms with Crippen LogP contribution in [0.15, 0.2) is 29.3 Å². The number of aromatic amines is 1. The van der Waals surface area contributed by atoms with Gasteiger partial charge >= 0.3 is 0 Å². The summed E-state index contributed by atoms with van der Waals surface area (Å²) in [5.41, 5.74) is 1.35. The number of carbonyl (C=O) groups excluding carboxylic acids is 2. The van der Waals surface area contributed by atoms with Crippen LogP contribution < -0.4 is 5.32 Å². The average Bonchev–Trinajstić information content (AvgIpc) is 3.55. The van der Waals surface area contributed by atoms with Gasteiger partial charge < -0.3 is 9.80 Å². The number of amides is 2. The first-order valence-electron chi connectivity index (χ1n) is 15.7. The monoisotopic (exact) mass is 576 g/mol. The van der Waals surface area contributed by atoms with Gasteiger partial charge in [-0.15, -0.1) is 5.10 Å². The topological polar surface area (TPSA) is 119 Å². The molecular weight excluding hydrogens is 528 g/mol. The molecule has 0 unspecified atom stereocenters. The third kappa shape index (κ3) is 6.52. The van der Waals surface area contributed by atoms with Crippen molar-refractivity contribution in [3.63, 3.8) is 0 Å². The van der Waals surface area contributed by atoms with Crippen molar-refractivity contribution in [2.75, 3.05) is 18.4 Å². The number of tetrazole rings is 1. The lowest BCUT2D eigenvalue weighted by molar-refractivity contribution is -0.134. The normalized spacial score (nSPS) is 24.2. The predicted octanol–water partition coefficient (Wildman–Crippen LogP) is 5.98. The van der Waals surface area contributed by atoms with E-state index in [0.717, 1.165) is 70.0 Å². The fraction of sp³-hybridized carbons (Fsp3) is 0.688. The molecule has 2 N–H and O–H groups in total. The summed E-state index contributed by atoms with van der Waals surface area (Å²) in [5.74, 6) is 1.17. The number of nitrogens with zero attached hydrogens (tertiary/aromatic N) is 6. The van der Waals surface area contributed by atoms with Crippen LogP contribution >= 0.6 is 0 Å². The number of hydrogen-bond acceptors (Lipinski definition) is 7. The molecule has 2 amide bonds. The molecule has 0 radical (unpaired) electrons. The van der Waals surface area contributed by atoms with Crippen LogP contribution in [0.4, 0.5) is 5.95 Å². The summed E-state index contributed by atoms with van der Waals surface area (Å²) in [5, 5.41) is 16.1. The van der Waals surface area contributed by atoms with E-state index >= 15 is 0 Å². The Balaban J connectivity index is 1.48. The third-order valence-corrected chi connectivity index (χ3v) is 9.45. The van der Waals surface area contributed by atoms with Gasteiger partial charge in [-0.05, 0) is 97.4 Å². The van der Waals surface area contributed by atoms with Crippen molar-refractivity contribution >= 4 is 23.6 Å². The highest BCUT2D eigenvalue weighted by Gasteiger charge is 2.53. The van der Waals surface area contributed by atoms with Crippen LogP contribution in [0.1, 0.15) is 121 Å². The second kappa shape index (κ2) is 11.8. The number of anilines is 1. The number of benzene rings is 1. The molecule has 1 aromatic heterocycles. The maximum absolute atomic E-state index is 14.5. The molecule has 42 heavy (non-hydrogen) atoms. The molecule has 228 valence electrons. The van der Waals surface area contributed by atoms with Crippen molar-refractivity contribution in [1.29, 1.82) is 0 Å². The first-order chi connectivity index (χ1) is 19.9. The first kappa shape index (κ1) is 30.2. The molecule has 0 bridgehead atoms. The van der Waals surface area contributed by atoms with Gasteiger partial charge in [0.1, 0.15) is 5.66 Å². The molecule has 2 fully saturated rings. The summed E-state index contributed by atoms with van der Waals surface area (Å²) in [6, 6.07) is 7.51. The van der Waals surface area contributed by atoms with Crippen LogP contribution in [0.25, 0.3) is 0 Å². The van der Waals surface area contributed by atoms with Crippen molar-refractivity contribution in [2.45, 2.75) is 111 Å². The van der Waals surface area contributed by atoms with Gasteiger partial charge in [0, 0.05) is 18.7 Å². The SMILES string of the molecule is CC(C)(C)CC[C@H](c1ccc(C(=O)Nc2nn[nH]n2)cc1)N1C(=O)C(N2CCCCC2)=NC12CCC(C(C)(C)C)CC2. The Bertz CT molecular complexity index is 1260. The lowest BCUT2D eigenvalue weighted by Crippen LogP contribution is -2.52. The first-order valence-corrected chi connectivity index (χ1v) is 15.7. The van der Waals surface area contributed by atoms with Crippen LogP contribution in [-0.4, -0.2) is 66.8 Å². The van der Waals surface area contributed by atoms with Gasteiger partial charge in [-0.1, -0.05) is 58.8 Å². The van der Waals surface area contributed by atoms with Crippen molar-refractivity contribution in [1.82, 2.24) is 30.4 Å². The van der Waals surface area contributed by atoms with Crippen LogP contribution in [0, 0.1) is 16.7 Å². The van der Waals surface area contributed by atoms with E-state index in [4.69, 9.17) is 4.99 Å². The van der Waals surface area contributed by atoms with E-state index in [2.05, 4.69) is 77.3 Å². The van der Waals surface area contributed by atoms with Gasteiger partial charge in [0.15, 0.2) is 5.84 Å². The minimum absolute atomic E-state index is 0.0731. The summed E-state index contributed by atoms with van der Waals surface area (Å²) in [4.78, 5) is 37.1. The van der Waals surface area contributed by atoms with Crippen LogP contribution in [0.3, 0.4) is 0 Å². The number of H-pyrrole nitrogens is 1. The fourth-order valence-electron chi connectivity index (χ4n) is 6.90. The summed E-state index contributed by atoms with van der Waals surface area (Å²) in [7, 11) is 0. The number of piperidine rings is 1. The Morgan fingerprint density at radius 2 is 1.71 bits per heavy atom. The highest BCUT2D eigenvalue weighted by molar-refractivity contribution is 6.39. The smallest absolute Gasteiger partial charge is 0.291 e. The highest BCUT2D eigenvalue weighted by Crippen LogP contribution is 2.50. The molecule has 10 nitrogen and oxygen atoms in total. The summed E-state index contributed by atoms with van der Waals surface area (Å²) in [6.07, 6.45) is 9.10. The predicted molar refractivity (Wildman–Crippen MR) is 164 cm³/mol. The van der Waals surface area contributed by atoms with Crippen LogP contribution in [0.5, 0.6) is 0 Å². The molecule has 5 rings (SSSR count). The minimum atomic E-state index is -0.525. The van der Waals surface area contributed by atoms with Gasteiger partial charge in [0.2, 0.25) is 0 Å².